The van der Waals surface area contributed by atoms with Gasteiger partial charge in [-0.1, -0.05) is 24.3 Å². The van der Waals surface area contributed by atoms with E-state index < -0.39 is 0 Å². The third-order valence-corrected chi connectivity index (χ3v) is 4.38. The lowest BCUT2D eigenvalue weighted by molar-refractivity contribution is 0.0522. The lowest BCUT2D eigenvalue weighted by Crippen LogP contribution is -2.51. The number of aliphatic hydroxyl groups excluding tert-OH is 1. The van der Waals surface area contributed by atoms with E-state index in [0.29, 0.717) is 12.1 Å². The van der Waals surface area contributed by atoms with Crippen molar-refractivity contribution in [2.24, 2.45) is 0 Å². The first-order chi connectivity index (χ1) is 8.88. The smallest absolute Gasteiger partial charge is 0.0590 e. The molecule has 0 spiro atoms. The summed E-state index contributed by atoms with van der Waals surface area (Å²) in [4.78, 5) is 2.53. The number of nitrogens with one attached hydrogen (secondary N) is 1. The van der Waals surface area contributed by atoms with Gasteiger partial charge in [0.2, 0.25) is 0 Å². The highest BCUT2D eigenvalue weighted by Crippen LogP contribution is 2.27. The van der Waals surface area contributed by atoms with Crippen molar-refractivity contribution in [3.05, 3.63) is 35.4 Å². The minimum absolute atomic E-state index is 0.276. The molecule has 2 N–H and O–H groups in total. The second-order valence-corrected chi connectivity index (χ2v) is 5.46. The normalized spacial score (nSPS) is 25.9. The Morgan fingerprint density at radius 1 is 1.17 bits per heavy atom. The molecule has 2 aliphatic rings. The molecule has 1 fully saturated rings. The molecule has 3 heteroatoms. The average Bonchev–Trinajstić information content (AvgIpc) is 2.46. The largest absolute Gasteiger partial charge is 0.395 e. The van der Waals surface area contributed by atoms with E-state index in [-0.39, 0.29) is 6.61 Å². The molecule has 0 saturated carbocycles. The molecule has 3 nitrogen and oxygen atoms in total. The number of hydrogen-bond acceptors (Lipinski definition) is 3. The number of hydrogen-bond donors (Lipinski definition) is 2. The van der Waals surface area contributed by atoms with Crippen molar-refractivity contribution in [3.63, 3.8) is 0 Å². The van der Waals surface area contributed by atoms with E-state index in [1.807, 2.05) is 0 Å². The Balaban J connectivity index is 1.81. The molecule has 1 saturated heterocycles. The van der Waals surface area contributed by atoms with Gasteiger partial charge in [0.15, 0.2) is 0 Å². The first kappa shape index (κ1) is 12.2. The van der Waals surface area contributed by atoms with Crippen molar-refractivity contribution < 1.29 is 5.11 Å². The van der Waals surface area contributed by atoms with Crippen molar-refractivity contribution in [2.75, 3.05) is 19.7 Å². The Hall–Kier alpha value is -0.900. The van der Waals surface area contributed by atoms with E-state index in [1.54, 1.807) is 0 Å². The van der Waals surface area contributed by atoms with E-state index in [1.165, 1.54) is 24.0 Å². The Morgan fingerprint density at radius 3 is 2.61 bits per heavy atom. The summed E-state index contributed by atoms with van der Waals surface area (Å²) < 4.78 is 0. The zero-order valence-corrected chi connectivity index (χ0v) is 10.8. The maximum Gasteiger partial charge on any atom is 0.0590 e. The van der Waals surface area contributed by atoms with Crippen LogP contribution < -0.4 is 5.32 Å². The van der Waals surface area contributed by atoms with Gasteiger partial charge in [0.25, 0.3) is 0 Å². The van der Waals surface area contributed by atoms with Gasteiger partial charge in [-0.05, 0) is 43.5 Å². The lowest BCUT2D eigenvalue weighted by atomic mass is 9.91. The van der Waals surface area contributed by atoms with Crippen LogP contribution in [0.1, 0.15) is 24.0 Å². The van der Waals surface area contributed by atoms with Gasteiger partial charge in [-0.25, -0.2) is 0 Å². The van der Waals surface area contributed by atoms with Crippen LogP contribution in [-0.4, -0.2) is 41.8 Å². The quantitative estimate of drug-likeness (QED) is 0.822. The van der Waals surface area contributed by atoms with Gasteiger partial charge >= 0.3 is 0 Å². The summed E-state index contributed by atoms with van der Waals surface area (Å²) >= 11 is 0. The second kappa shape index (κ2) is 5.39. The van der Waals surface area contributed by atoms with Crippen molar-refractivity contribution in [3.8, 4) is 0 Å². The summed E-state index contributed by atoms with van der Waals surface area (Å²) in [5, 5.41) is 13.1. The molecule has 0 bridgehead atoms. The number of benzene rings is 1. The molecule has 98 valence electrons. The molecule has 1 aromatic carbocycles. The van der Waals surface area contributed by atoms with E-state index in [9.17, 15) is 5.11 Å². The Morgan fingerprint density at radius 2 is 1.89 bits per heavy atom. The Labute approximate surface area is 109 Å². The van der Waals surface area contributed by atoms with Gasteiger partial charge in [-0.2, -0.15) is 0 Å². The highest BCUT2D eigenvalue weighted by Gasteiger charge is 2.31. The third-order valence-electron chi connectivity index (χ3n) is 4.38. The molecule has 0 unspecified atom stereocenters. The monoisotopic (exact) mass is 246 g/mol. The lowest BCUT2D eigenvalue weighted by Gasteiger charge is -2.43. The fourth-order valence-corrected chi connectivity index (χ4v) is 3.34. The zero-order valence-electron chi connectivity index (χ0n) is 10.8. The molecule has 0 aliphatic carbocycles. The molecule has 3 rings (SSSR count). The van der Waals surface area contributed by atoms with Gasteiger partial charge < -0.3 is 10.4 Å². The van der Waals surface area contributed by atoms with Crippen molar-refractivity contribution in [1.82, 2.24) is 10.2 Å². The van der Waals surface area contributed by atoms with Crippen LogP contribution in [0.4, 0.5) is 0 Å². The van der Waals surface area contributed by atoms with E-state index in [0.717, 1.165) is 26.1 Å². The van der Waals surface area contributed by atoms with E-state index in [2.05, 4.69) is 34.5 Å². The maximum atomic E-state index is 9.66. The summed E-state index contributed by atoms with van der Waals surface area (Å²) in [5.74, 6) is 0. The van der Waals surface area contributed by atoms with E-state index >= 15 is 0 Å². The molecular formula is C15H22N2O. The summed E-state index contributed by atoms with van der Waals surface area (Å²) in [6.45, 7) is 3.51. The van der Waals surface area contributed by atoms with Crippen LogP contribution >= 0.6 is 0 Å². The number of rotatable bonds is 2. The van der Waals surface area contributed by atoms with Crippen LogP contribution in [0.25, 0.3) is 0 Å². The third kappa shape index (κ3) is 2.30. The van der Waals surface area contributed by atoms with Gasteiger partial charge in [-0.15, -0.1) is 0 Å². The fraction of sp³-hybridized carbons (Fsp3) is 0.600. The van der Waals surface area contributed by atoms with Gasteiger partial charge in [0.1, 0.15) is 0 Å². The summed E-state index contributed by atoms with van der Waals surface area (Å²) in [6, 6.07) is 9.61. The number of piperidine rings is 1. The predicted octanol–water partition coefficient (Wildman–Crippen LogP) is 1.16. The van der Waals surface area contributed by atoms with Crippen LogP contribution in [0.15, 0.2) is 24.3 Å². The van der Waals surface area contributed by atoms with Crippen LogP contribution in [-0.2, 0) is 13.0 Å². The maximum absolute atomic E-state index is 9.66. The number of fused-ring (bicyclic) bond motifs is 1. The fourth-order valence-electron chi connectivity index (χ4n) is 3.34. The molecule has 1 aromatic rings. The zero-order chi connectivity index (χ0) is 12.4. The van der Waals surface area contributed by atoms with E-state index in [4.69, 9.17) is 0 Å². The average molecular weight is 246 g/mol. The minimum Gasteiger partial charge on any atom is -0.395 e. The topological polar surface area (TPSA) is 35.5 Å². The summed E-state index contributed by atoms with van der Waals surface area (Å²) in [5.41, 5.74) is 2.86. The molecule has 18 heavy (non-hydrogen) atoms. The number of aliphatic hydroxyl groups is 1. The van der Waals surface area contributed by atoms with Gasteiger partial charge in [0, 0.05) is 18.6 Å². The summed E-state index contributed by atoms with van der Waals surface area (Å²) in [7, 11) is 0. The first-order valence-corrected chi connectivity index (χ1v) is 7.02. The van der Waals surface area contributed by atoms with Gasteiger partial charge in [0.05, 0.1) is 6.61 Å². The van der Waals surface area contributed by atoms with Crippen LogP contribution in [0.2, 0.25) is 0 Å². The first-order valence-electron chi connectivity index (χ1n) is 7.02. The minimum atomic E-state index is 0.276. The highest BCUT2D eigenvalue weighted by molar-refractivity contribution is 5.30. The molecule has 1 atom stereocenters. The Kier molecular flexibility index (Phi) is 3.64. The highest BCUT2D eigenvalue weighted by atomic mass is 16.3. The van der Waals surface area contributed by atoms with Crippen molar-refractivity contribution in [2.45, 2.75) is 37.9 Å². The van der Waals surface area contributed by atoms with Crippen LogP contribution in [0.3, 0.4) is 0 Å². The predicted molar refractivity (Wildman–Crippen MR) is 72.5 cm³/mol. The standard InChI is InChI=1S/C15H22N2O/c18-11-15-9-12-3-1-2-4-13(12)10-17(15)14-5-7-16-8-6-14/h1-4,14-16,18H,5-11H2/t15-/m0/s1. The molecular weight excluding hydrogens is 224 g/mol. The molecule has 2 heterocycles. The second-order valence-electron chi connectivity index (χ2n) is 5.46. The molecule has 0 aromatic heterocycles. The van der Waals surface area contributed by atoms with Gasteiger partial charge in [-0.3, -0.25) is 4.90 Å². The molecule has 0 amide bonds. The number of nitrogens with zero attached hydrogens (tertiary/aromatic N) is 1. The SMILES string of the molecule is OC[C@@H]1Cc2ccccc2CN1C1CCNCC1. The molecule has 2 aliphatic heterocycles. The van der Waals surface area contributed by atoms with Crippen molar-refractivity contribution >= 4 is 0 Å². The van der Waals surface area contributed by atoms with Crippen LogP contribution in [0, 0.1) is 0 Å². The van der Waals surface area contributed by atoms with Crippen LogP contribution in [0.5, 0.6) is 0 Å². The molecule has 0 radical (unpaired) electrons. The summed E-state index contributed by atoms with van der Waals surface area (Å²) in [6.07, 6.45) is 3.41. The Bertz CT molecular complexity index is 401. The van der Waals surface area contributed by atoms with Crippen molar-refractivity contribution in [1.29, 1.82) is 0 Å².